The molecule has 0 spiro atoms. The van der Waals surface area contributed by atoms with Crippen LogP contribution < -0.4 is 14.8 Å². The van der Waals surface area contributed by atoms with E-state index in [1.165, 1.54) is 31.4 Å². The van der Waals surface area contributed by atoms with Crippen molar-refractivity contribution in [1.29, 1.82) is 0 Å². The minimum Gasteiger partial charge on any atom is -0.490 e. The van der Waals surface area contributed by atoms with E-state index in [4.69, 9.17) is 13.9 Å². The lowest BCUT2D eigenvalue weighted by Crippen LogP contribution is -2.30. The zero-order valence-electron chi connectivity index (χ0n) is 21.5. The first-order chi connectivity index (χ1) is 18.8. The second-order valence-corrected chi connectivity index (χ2v) is 8.45. The molecular weight excluding hydrogens is 507 g/mol. The third-order valence-corrected chi connectivity index (χ3v) is 5.78. The van der Waals surface area contributed by atoms with Crippen molar-refractivity contribution in [3.63, 3.8) is 0 Å². The molecule has 3 aromatic rings. The van der Waals surface area contributed by atoms with E-state index in [2.05, 4.69) is 16.6 Å². The molecule has 202 valence electrons. The van der Waals surface area contributed by atoms with Crippen LogP contribution in [0, 0.1) is 5.82 Å². The molecule has 1 aromatic heterocycles. The number of amides is 3. The Kier molecular flexibility index (Phi) is 8.45. The lowest BCUT2D eigenvalue weighted by molar-refractivity contribution is -0.123. The van der Waals surface area contributed by atoms with Gasteiger partial charge in [-0.3, -0.25) is 9.69 Å². The molecule has 3 amide bonds. The van der Waals surface area contributed by atoms with E-state index in [0.29, 0.717) is 41.2 Å². The quantitative estimate of drug-likeness (QED) is 0.160. The minimum absolute atomic E-state index is 0.00863. The normalized spacial score (nSPS) is 13.9. The number of halogens is 1. The molecule has 1 saturated heterocycles. The Bertz CT molecular complexity index is 1440. The second-order valence-electron chi connectivity index (χ2n) is 8.45. The van der Waals surface area contributed by atoms with Gasteiger partial charge in [-0.1, -0.05) is 24.3 Å². The van der Waals surface area contributed by atoms with Crippen LogP contribution in [-0.2, 0) is 29.1 Å². The highest BCUT2D eigenvalue weighted by atomic mass is 19.1. The topological polar surface area (TPSA) is 107 Å². The number of urea groups is 1. The fourth-order valence-corrected chi connectivity index (χ4v) is 3.98. The van der Waals surface area contributed by atoms with Crippen molar-refractivity contribution in [2.75, 3.05) is 13.7 Å². The van der Waals surface area contributed by atoms with E-state index in [-0.39, 0.29) is 36.2 Å². The van der Waals surface area contributed by atoms with E-state index in [1.807, 2.05) is 6.92 Å². The number of rotatable bonds is 11. The van der Waals surface area contributed by atoms with Crippen LogP contribution in [0.25, 0.3) is 6.08 Å². The average molecular weight is 535 g/mol. The highest BCUT2D eigenvalue weighted by Crippen LogP contribution is 2.35. The van der Waals surface area contributed by atoms with Crippen LogP contribution in [0.4, 0.5) is 9.18 Å². The van der Waals surface area contributed by atoms with Crippen LogP contribution in [0.2, 0.25) is 0 Å². The van der Waals surface area contributed by atoms with Gasteiger partial charge in [-0.15, -0.1) is 6.58 Å². The number of nitrogens with zero attached hydrogens (tertiary/aromatic N) is 1. The first-order valence-electron chi connectivity index (χ1n) is 12.1. The molecule has 1 fully saturated rings. The Morgan fingerprint density at radius 3 is 2.64 bits per heavy atom. The van der Waals surface area contributed by atoms with Crippen molar-refractivity contribution in [3.05, 3.63) is 101 Å². The summed E-state index contributed by atoms with van der Waals surface area (Å²) in [5.74, 6) is -0.572. The summed E-state index contributed by atoms with van der Waals surface area (Å²) in [7, 11) is 1.22. The summed E-state index contributed by atoms with van der Waals surface area (Å²) in [4.78, 5) is 38.2. The predicted octanol–water partition coefficient (Wildman–Crippen LogP) is 5.00. The Morgan fingerprint density at radius 2 is 1.92 bits per heavy atom. The second kappa shape index (κ2) is 12.1. The van der Waals surface area contributed by atoms with Crippen LogP contribution in [0.15, 0.2) is 71.3 Å². The van der Waals surface area contributed by atoms with E-state index in [0.717, 1.165) is 4.90 Å². The number of carbonyl (C=O) groups excluding carboxylic acids is 3. The van der Waals surface area contributed by atoms with E-state index in [9.17, 15) is 18.8 Å². The van der Waals surface area contributed by atoms with E-state index >= 15 is 0 Å². The third kappa shape index (κ3) is 6.18. The lowest BCUT2D eigenvalue weighted by atomic mass is 10.0. The maximum Gasteiger partial charge on any atom is 0.373 e. The number of hydrogen-bond donors (Lipinski definition) is 1. The van der Waals surface area contributed by atoms with Crippen LogP contribution >= 0.6 is 0 Å². The van der Waals surface area contributed by atoms with Gasteiger partial charge in [0.05, 0.1) is 20.3 Å². The monoisotopic (exact) mass is 534 g/mol. The summed E-state index contributed by atoms with van der Waals surface area (Å²) in [6, 6.07) is 12.1. The van der Waals surface area contributed by atoms with Crippen LogP contribution in [0.5, 0.6) is 11.5 Å². The standard InChI is InChI=1S/C29H27FN2O7/c1-4-8-19-13-18(15-25(37-5-2)26(19)38-17-20-9-6-7-10-22(20)30)14-23-27(33)32(29(35)31-23)16-21-11-12-24(39-21)28(34)36-3/h4,6-7,9-15H,1,5,8,16-17H2,2-3H3,(H,31,35)/b23-14-. The number of nitrogens with one attached hydrogen (secondary N) is 1. The number of esters is 1. The summed E-state index contributed by atoms with van der Waals surface area (Å²) in [6.07, 6.45) is 3.63. The van der Waals surface area contributed by atoms with E-state index < -0.39 is 17.9 Å². The molecule has 1 N–H and O–H groups in total. The Balaban J connectivity index is 1.59. The molecule has 0 bridgehead atoms. The summed E-state index contributed by atoms with van der Waals surface area (Å²) >= 11 is 0. The first-order valence-corrected chi connectivity index (χ1v) is 12.1. The Hall–Kier alpha value is -4.86. The summed E-state index contributed by atoms with van der Waals surface area (Å²) in [5.41, 5.74) is 1.72. The maximum atomic E-state index is 14.1. The highest BCUT2D eigenvalue weighted by molar-refractivity contribution is 6.13. The van der Waals surface area contributed by atoms with Gasteiger partial charge in [-0.2, -0.15) is 0 Å². The average Bonchev–Trinajstić information content (AvgIpc) is 3.49. The Morgan fingerprint density at radius 1 is 1.13 bits per heavy atom. The third-order valence-electron chi connectivity index (χ3n) is 5.78. The number of methoxy groups -OCH3 is 1. The highest BCUT2D eigenvalue weighted by Gasteiger charge is 2.34. The molecule has 0 atom stereocenters. The van der Waals surface area contributed by atoms with Crippen molar-refractivity contribution < 1.29 is 37.4 Å². The summed E-state index contributed by atoms with van der Waals surface area (Å²) in [5, 5.41) is 2.57. The number of hydrogen-bond acceptors (Lipinski definition) is 7. The lowest BCUT2D eigenvalue weighted by Gasteiger charge is -2.17. The van der Waals surface area contributed by atoms with Crippen molar-refractivity contribution in [2.24, 2.45) is 0 Å². The van der Waals surface area contributed by atoms with Gasteiger partial charge in [-0.25, -0.2) is 14.0 Å². The first kappa shape index (κ1) is 27.2. The summed E-state index contributed by atoms with van der Waals surface area (Å²) < 4.78 is 35.9. The smallest absolute Gasteiger partial charge is 0.373 e. The molecule has 39 heavy (non-hydrogen) atoms. The predicted molar refractivity (Wildman–Crippen MR) is 139 cm³/mol. The van der Waals surface area contributed by atoms with Gasteiger partial charge in [0.2, 0.25) is 5.76 Å². The van der Waals surface area contributed by atoms with Gasteiger partial charge < -0.3 is 23.9 Å². The number of imide groups is 1. The minimum atomic E-state index is -0.666. The molecule has 0 radical (unpaired) electrons. The fourth-order valence-electron chi connectivity index (χ4n) is 3.98. The largest absolute Gasteiger partial charge is 0.490 e. The number of furan rings is 1. The number of benzene rings is 2. The van der Waals surface area contributed by atoms with Crippen LogP contribution in [0.3, 0.4) is 0 Å². The van der Waals surface area contributed by atoms with Crippen molar-refractivity contribution in [2.45, 2.75) is 26.5 Å². The van der Waals surface area contributed by atoms with Crippen molar-refractivity contribution in [1.82, 2.24) is 10.2 Å². The van der Waals surface area contributed by atoms with Crippen LogP contribution in [0.1, 0.15) is 39.9 Å². The van der Waals surface area contributed by atoms with Crippen LogP contribution in [-0.4, -0.2) is 36.5 Å². The molecule has 10 heteroatoms. The molecule has 0 unspecified atom stereocenters. The Labute approximate surface area is 224 Å². The van der Waals surface area contributed by atoms with Gasteiger partial charge in [0.1, 0.15) is 23.9 Å². The fraction of sp³-hybridized carbons (Fsp3) is 0.207. The summed E-state index contributed by atoms with van der Waals surface area (Å²) in [6.45, 7) is 5.77. The molecule has 1 aliphatic rings. The van der Waals surface area contributed by atoms with Crippen molar-refractivity contribution in [3.8, 4) is 11.5 Å². The molecule has 0 aliphatic carbocycles. The number of carbonyl (C=O) groups is 3. The molecule has 1 aliphatic heterocycles. The number of allylic oxidation sites excluding steroid dienone is 1. The van der Waals surface area contributed by atoms with Gasteiger partial charge in [0, 0.05) is 11.1 Å². The SMILES string of the molecule is C=CCc1cc(/C=C2\NC(=O)N(Cc3ccc(C(=O)OC)o3)C2=O)cc(OCC)c1OCc1ccccc1F. The van der Waals surface area contributed by atoms with Gasteiger partial charge >= 0.3 is 12.0 Å². The number of ether oxygens (including phenoxy) is 3. The van der Waals surface area contributed by atoms with Gasteiger partial charge in [0.15, 0.2) is 11.5 Å². The molecule has 2 heterocycles. The van der Waals surface area contributed by atoms with Crippen molar-refractivity contribution >= 4 is 24.0 Å². The zero-order valence-corrected chi connectivity index (χ0v) is 21.5. The molecule has 2 aromatic carbocycles. The molecular formula is C29H27FN2O7. The van der Waals surface area contributed by atoms with Gasteiger partial charge in [-0.05, 0) is 55.3 Å². The molecule has 4 rings (SSSR count). The maximum absolute atomic E-state index is 14.1. The van der Waals surface area contributed by atoms with Gasteiger partial charge in [0.25, 0.3) is 5.91 Å². The van der Waals surface area contributed by atoms with E-state index in [1.54, 1.807) is 36.4 Å². The zero-order chi connectivity index (χ0) is 27.9. The molecule has 9 nitrogen and oxygen atoms in total. The molecule has 0 saturated carbocycles.